The van der Waals surface area contributed by atoms with E-state index in [1.165, 1.54) is 0 Å². The smallest absolute Gasteiger partial charge is 0.231 e. The van der Waals surface area contributed by atoms with Crippen LogP contribution in [0.25, 0.3) is 17.0 Å². The third-order valence-corrected chi connectivity index (χ3v) is 5.06. The Morgan fingerprint density at radius 2 is 1.61 bits per heavy atom. The Labute approximate surface area is 191 Å². The molecular formula is C24H25N5O4. The molecule has 170 valence electrons. The van der Waals surface area contributed by atoms with Crippen LogP contribution in [-0.2, 0) is 11.2 Å². The quantitative estimate of drug-likeness (QED) is 0.373. The van der Waals surface area contributed by atoms with E-state index in [0.717, 1.165) is 22.6 Å². The molecule has 0 aliphatic carbocycles. The lowest BCUT2D eigenvalue weighted by molar-refractivity contribution is -0.121. The number of carbonyl (C=O) groups excluding carboxylic acids is 1. The first-order chi connectivity index (χ1) is 16.2. The van der Waals surface area contributed by atoms with Crippen molar-refractivity contribution in [3.8, 4) is 28.8 Å². The molecule has 0 saturated heterocycles. The van der Waals surface area contributed by atoms with Crippen LogP contribution >= 0.6 is 0 Å². The molecule has 1 N–H and O–H groups in total. The molecular weight excluding hydrogens is 422 g/mol. The van der Waals surface area contributed by atoms with Crippen molar-refractivity contribution in [1.82, 2.24) is 25.1 Å². The molecule has 2 aromatic heterocycles. The largest absolute Gasteiger partial charge is 0.497 e. The van der Waals surface area contributed by atoms with E-state index in [-0.39, 0.29) is 5.91 Å². The molecule has 0 saturated carbocycles. The van der Waals surface area contributed by atoms with E-state index in [2.05, 4.69) is 20.6 Å². The van der Waals surface area contributed by atoms with Crippen LogP contribution in [-0.4, -0.2) is 53.1 Å². The van der Waals surface area contributed by atoms with Crippen LogP contribution in [0.3, 0.4) is 0 Å². The Balaban J connectivity index is 1.27. The summed E-state index contributed by atoms with van der Waals surface area (Å²) in [5, 5.41) is 15.7. The van der Waals surface area contributed by atoms with Gasteiger partial charge < -0.3 is 19.5 Å². The minimum atomic E-state index is -0.0292. The van der Waals surface area contributed by atoms with Crippen LogP contribution in [0, 0.1) is 0 Å². The van der Waals surface area contributed by atoms with E-state index < -0.39 is 0 Å². The summed E-state index contributed by atoms with van der Waals surface area (Å²) in [5.74, 6) is 2.55. The predicted octanol–water partition coefficient (Wildman–Crippen LogP) is 2.94. The molecule has 0 spiro atoms. The first-order valence-electron chi connectivity index (χ1n) is 10.6. The second kappa shape index (κ2) is 10.4. The molecule has 0 aliphatic heterocycles. The minimum absolute atomic E-state index is 0.0292. The number of methoxy groups -OCH3 is 2. The normalized spacial score (nSPS) is 10.7. The Morgan fingerprint density at radius 3 is 2.30 bits per heavy atom. The van der Waals surface area contributed by atoms with Gasteiger partial charge in [-0.25, -0.2) is 0 Å². The lowest BCUT2D eigenvalue weighted by Gasteiger charge is -2.08. The first-order valence-corrected chi connectivity index (χ1v) is 10.6. The number of aryl methyl sites for hydroxylation is 1. The molecule has 0 aliphatic rings. The number of carbonyl (C=O) groups is 1. The van der Waals surface area contributed by atoms with Crippen molar-refractivity contribution in [2.45, 2.75) is 12.8 Å². The molecule has 2 heterocycles. The Kier molecular flexibility index (Phi) is 6.99. The highest BCUT2D eigenvalue weighted by molar-refractivity contribution is 5.76. The number of aromatic nitrogens is 4. The summed E-state index contributed by atoms with van der Waals surface area (Å²) in [6.07, 6.45) is 1.07. The SMILES string of the molecule is COc1ccc(CCC(=O)NCCOc2ccc3nnc(-c4ccc(OC)cc4)n3n2)cc1. The zero-order valence-electron chi connectivity index (χ0n) is 18.5. The van der Waals surface area contributed by atoms with Crippen molar-refractivity contribution in [3.63, 3.8) is 0 Å². The summed E-state index contributed by atoms with van der Waals surface area (Å²) < 4.78 is 17.7. The number of benzene rings is 2. The fourth-order valence-corrected chi connectivity index (χ4v) is 3.25. The van der Waals surface area contributed by atoms with Crippen LogP contribution in [0.2, 0.25) is 0 Å². The zero-order chi connectivity index (χ0) is 23.0. The number of hydrogen-bond acceptors (Lipinski definition) is 7. The van der Waals surface area contributed by atoms with Gasteiger partial charge in [0.25, 0.3) is 0 Å². The van der Waals surface area contributed by atoms with Gasteiger partial charge in [0.05, 0.1) is 20.8 Å². The minimum Gasteiger partial charge on any atom is -0.497 e. The van der Waals surface area contributed by atoms with Crippen LogP contribution in [0.5, 0.6) is 17.4 Å². The second-order valence-electron chi connectivity index (χ2n) is 7.24. The Bertz CT molecular complexity index is 1210. The van der Waals surface area contributed by atoms with Gasteiger partial charge in [-0.05, 0) is 54.4 Å². The van der Waals surface area contributed by atoms with Crippen LogP contribution in [0.15, 0.2) is 60.7 Å². The lowest BCUT2D eigenvalue weighted by Crippen LogP contribution is -2.28. The molecule has 0 fully saturated rings. The topological polar surface area (TPSA) is 99.9 Å². The van der Waals surface area contributed by atoms with E-state index in [1.807, 2.05) is 48.5 Å². The Hall–Kier alpha value is -4.14. The maximum Gasteiger partial charge on any atom is 0.231 e. The van der Waals surface area contributed by atoms with E-state index in [9.17, 15) is 4.79 Å². The maximum atomic E-state index is 12.1. The van der Waals surface area contributed by atoms with Crippen molar-refractivity contribution < 1.29 is 19.0 Å². The van der Waals surface area contributed by atoms with Crippen LogP contribution in [0.4, 0.5) is 0 Å². The van der Waals surface area contributed by atoms with Gasteiger partial charge in [0, 0.05) is 18.1 Å². The van der Waals surface area contributed by atoms with Gasteiger partial charge in [-0.15, -0.1) is 15.3 Å². The van der Waals surface area contributed by atoms with Crippen molar-refractivity contribution in [2.75, 3.05) is 27.4 Å². The fourth-order valence-electron chi connectivity index (χ4n) is 3.25. The van der Waals surface area contributed by atoms with E-state index in [4.69, 9.17) is 14.2 Å². The Morgan fingerprint density at radius 1 is 0.909 bits per heavy atom. The molecule has 9 nitrogen and oxygen atoms in total. The molecule has 4 aromatic rings. The van der Waals surface area contributed by atoms with Crippen molar-refractivity contribution >= 4 is 11.6 Å². The van der Waals surface area contributed by atoms with Gasteiger partial charge in [-0.3, -0.25) is 4.79 Å². The van der Waals surface area contributed by atoms with Gasteiger partial charge >= 0.3 is 0 Å². The molecule has 9 heteroatoms. The first kappa shape index (κ1) is 22.1. The molecule has 33 heavy (non-hydrogen) atoms. The third-order valence-electron chi connectivity index (χ3n) is 5.06. The average molecular weight is 447 g/mol. The standard InChI is InChI=1S/C24H25N5O4/c1-31-19-8-3-17(4-9-19)5-13-22(30)25-15-16-33-23-14-12-21-26-27-24(29(21)28-23)18-6-10-20(32-2)11-7-18/h3-4,6-12,14H,5,13,15-16H2,1-2H3,(H,25,30). The highest BCUT2D eigenvalue weighted by atomic mass is 16.5. The van der Waals surface area contributed by atoms with Crippen LogP contribution in [0.1, 0.15) is 12.0 Å². The van der Waals surface area contributed by atoms with E-state index in [0.29, 0.717) is 43.3 Å². The van der Waals surface area contributed by atoms with E-state index in [1.54, 1.807) is 30.9 Å². The highest BCUT2D eigenvalue weighted by Gasteiger charge is 2.11. The molecule has 0 atom stereocenters. The molecule has 1 amide bonds. The molecule has 2 aromatic carbocycles. The number of hydrogen-bond donors (Lipinski definition) is 1. The summed E-state index contributed by atoms with van der Waals surface area (Å²) >= 11 is 0. The summed E-state index contributed by atoms with van der Waals surface area (Å²) in [6, 6.07) is 18.7. The highest BCUT2D eigenvalue weighted by Crippen LogP contribution is 2.21. The second-order valence-corrected chi connectivity index (χ2v) is 7.24. The third kappa shape index (κ3) is 5.57. The number of nitrogens with zero attached hydrogens (tertiary/aromatic N) is 4. The van der Waals surface area contributed by atoms with Gasteiger partial charge in [0.2, 0.25) is 11.8 Å². The van der Waals surface area contributed by atoms with Gasteiger partial charge in [0.15, 0.2) is 11.5 Å². The average Bonchev–Trinajstić information content (AvgIpc) is 3.29. The number of amides is 1. The van der Waals surface area contributed by atoms with Gasteiger partial charge in [-0.1, -0.05) is 12.1 Å². The maximum absolute atomic E-state index is 12.1. The van der Waals surface area contributed by atoms with Crippen molar-refractivity contribution in [2.24, 2.45) is 0 Å². The summed E-state index contributed by atoms with van der Waals surface area (Å²) in [6.45, 7) is 0.682. The predicted molar refractivity (Wildman–Crippen MR) is 123 cm³/mol. The number of rotatable bonds is 10. The fraction of sp³-hybridized carbons (Fsp3) is 0.250. The molecule has 4 rings (SSSR count). The summed E-state index contributed by atoms with van der Waals surface area (Å²) in [5.41, 5.74) is 2.55. The summed E-state index contributed by atoms with van der Waals surface area (Å²) in [7, 11) is 3.25. The van der Waals surface area contributed by atoms with Crippen molar-refractivity contribution in [3.05, 3.63) is 66.2 Å². The molecule has 0 unspecified atom stereocenters. The van der Waals surface area contributed by atoms with Gasteiger partial charge in [-0.2, -0.15) is 4.52 Å². The number of ether oxygens (including phenoxy) is 3. The zero-order valence-corrected chi connectivity index (χ0v) is 18.5. The monoisotopic (exact) mass is 447 g/mol. The number of nitrogens with one attached hydrogen (secondary N) is 1. The molecule has 0 bridgehead atoms. The van der Waals surface area contributed by atoms with Gasteiger partial charge in [0.1, 0.15) is 18.1 Å². The summed E-state index contributed by atoms with van der Waals surface area (Å²) in [4.78, 5) is 12.1. The number of fused-ring (bicyclic) bond motifs is 1. The van der Waals surface area contributed by atoms with Crippen molar-refractivity contribution in [1.29, 1.82) is 0 Å². The van der Waals surface area contributed by atoms with E-state index >= 15 is 0 Å². The molecule has 0 radical (unpaired) electrons. The lowest BCUT2D eigenvalue weighted by atomic mass is 10.1. The van der Waals surface area contributed by atoms with Crippen LogP contribution < -0.4 is 19.5 Å².